The molecule has 1 aliphatic heterocycles. The predicted molar refractivity (Wildman–Crippen MR) is 89.5 cm³/mol. The molecule has 1 saturated carbocycles. The number of hydrogen-bond donors (Lipinski definition) is 0. The summed E-state index contributed by atoms with van der Waals surface area (Å²) in [6, 6.07) is 11.2. The summed E-state index contributed by atoms with van der Waals surface area (Å²) in [5, 5.41) is 3.99. The smallest absolute Gasteiger partial charge is 0.268 e. The number of hydrogen-bond acceptors (Lipinski definition) is 5. The summed E-state index contributed by atoms with van der Waals surface area (Å²) in [4.78, 5) is 18.2. The molecule has 1 saturated heterocycles. The molecule has 1 unspecified atom stereocenters. The molecule has 0 bridgehead atoms. The summed E-state index contributed by atoms with van der Waals surface area (Å²) >= 11 is 1.20. The number of rotatable bonds is 3. The normalized spacial score (nSPS) is 22.3. The van der Waals surface area contributed by atoms with Crippen molar-refractivity contribution in [1.82, 2.24) is 19.4 Å². The lowest BCUT2D eigenvalue weighted by Gasteiger charge is -2.41. The van der Waals surface area contributed by atoms with E-state index in [0.717, 1.165) is 31.4 Å². The summed E-state index contributed by atoms with van der Waals surface area (Å²) < 4.78 is 3.92. The van der Waals surface area contributed by atoms with Gasteiger partial charge in [-0.3, -0.25) is 9.69 Å². The molecule has 1 atom stereocenters. The largest absolute Gasteiger partial charge is 0.328 e. The Morgan fingerprint density at radius 3 is 2.65 bits per heavy atom. The minimum Gasteiger partial charge on any atom is -0.328 e. The molecular weight excluding hydrogens is 308 g/mol. The van der Waals surface area contributed by atoms with Gasteiger partial charge in [0.25, 0.3) is 5.91 Å². The van der Waals surface area contributed by atoms with Gasteiger partial charge in [0.1, 0.15) is 4.88 Å². The zero-order valence-electron chi connectivity index (χ0n) is 13.2. The number of aryl methyl sites for hydroxylation is 1. The van der Waals surface area contributed by atoms with Crippen LogP contribution in [0.4, 0.5) is 0 Å². The second kappa shape index (κ2) is 6.02. The van der Waals surface area contributed by atoms with Gasteiger partial charge >= 0.3 is 0 Å². The van der Waals surface area contributed by atoms with Gasteiger partial charge in [0, 0.05) is 25.7 Å². The average Bonchev–Trinajstić information content (AvgIpc) is 3.36. The van der Waals surface area contributed by atoms with Crippen LogP contribution in [0.5, 0.6) is 0 Å². The third-order valence-electron chi connectivity index (χ3n) is 4.77. The highest BCUT2D eigenvalue weighted by atomic mass is 32.1. The van der Waals surface area contributed by atoms with Crippen LogP contribution in [0.25, 0.3) is 0 Å². The minimum atomic E-state index is 0.0711. The quantitative estimate of drug-likeness (QED) is 0.869. The van der Waals surface area contributed by atoms with E-state index in [-0.39, 0.29) is 11.9 Å². The maximum Gasteiger partial charge on any atom is 0.268 e. The van der Waals surface area contributed by atoms with Crippen LogP contribution >= 0.6 is 11.5 Å². The van der Waals surface area contributed by atoms with Gasteiger partial charge in [-0.25, -0.2) is 0 Å². The topological polar surface area (TPSA) is 49.3 Å². The van der Waals surface area contributed by atoms with E-state index >= 15 is 0 Å². The second-order valence-corrected chi connectivity index (χ2v) is 7.09. The fraction of sp³-hybridized carbons (Fsp3) is 0.471. The van der Waals surface area contributed by atoms with Crippen molar-refractivity contribution in [2.24, 2.45) is 0 Å². The van der Waals surface area contributed by atoms with Crippen LogP contribution in [-0.2, 0) is 0 Å². The number of benzene rings is 1. The summed E-state index contributed by atoms with van der Waals surface area (Å²) in [7, 11) is 0. The number of carbonyl (C=O) groups is 1. The molecule has 1 aromatic heterocycles. The molecule has 2 aromatic rings. The third kappa shape index (κ3) is 2.88. The van der Waals surface area contributed by atoms with Crippen LogP contribution in [0.3, 0.4) is 0 Å². The average molecular weight is 328 g/mol. The summed E-state index contributed by atoms with van der Waals surface area (Å²) in [6.45, 7) is 4.51. The molecule has 2 heterocycles. The molecule has 1 aromatic carbocycles. The number of carbonyl (C=O) groups excluding carboxylic acids is 1. The minimum absolute atomic E-state index is 0.0711. The summed E-state index contributed by atoms with van der Waals surface area (Å²) in [6.07, 6.45) is 2.60. The lowest BCUT2D eigenvalue weighted by molar-refractivity contribution is 0.0436. The van der Waals surface area contributed by atoms with Gasteiger partial charge in [-0.05, 0) is 36.9 Å². The van der Waals surface area contributed by atoms with Crippen molar-refractivity contribution in [3.8, 4) is 0 Å². The molecule has 4 rings (SSSR count). The highest BCUT2D eigenvalue weighted by Crippen LogP contribution is 2.34. The molecule has 0 spiro atoms. The molecule has 5 nitrogen and oxygen atoms in total. The van der Waals surface area contributed by atoms with Gasteiger partial charge in [-0.2, -0.15) is 0 Å². The second-order valence-electron chi connectivity index (χ2n) is 6.34. The molecule has 6 heteroatoms. The molecule has 1 aliphatic carbocycles. The van der Waals surface area contributed by atoms with Crippen LogP contribution < -0.4 is 0 Å². The molecule has 0 N–H and O–H groups in total. The first kappa shape index (κ1) is 14.8. The Balaban J connectivity index is 1.63. The Kier molecular flexibility index (Phi) is 3.87. The van der Waals surface area contributed by atoms with Crippen molar-refractivity contribution in [3.05, 3.63) is 46.5 Å². The van der Waals surface area contributed by atoms with Crippen molar-refractivity contribution < 1.29 is 4.79 Å². The molecule has 1 amide bonds. The van der Waals surface area contributed by atoms with Gasteiger partial charge in [-0.1, -0.05) is 34.8 Å². The van der Waals surface area contributed by atoms with E-state index in [4.69, 9.17) is 0 Å². The van der Waals surface area contributed by atoms with Crippen LogP contribution in [-0.4, -0.2) is 51.0 Å². The van der Waals surface area contributed by atoms with Crippen molar-refractivity contribution in [2.45, 2.75) is 31.8 Å². The van der Waals surface area contributed by atoms with Gasteiger partial charge in [0.2, 0.25) is 0 Å². The van der Waals surface area contributed by atoms with Crippen molar-refractivity contribution in [1.29, 1.82) is 0 Å². The van der Waals surface area contributed by atoms with E-state index < -0.39 is 0 Å². The van der Waals surface area contributed by atoms with Crippen molar-refractivity contribution >= 4 is 17.4 Å². The maximum atomic E-state index is 13.0. The van der Waals surface area contributed by atoms with Gasteiger partial charge < -0.3 is 4.90 Å². The number of amides is 1. The van der Waals surface area contributed by atoms with Gasteiger partial charge in [0.05, 0.1) is 11.7 Å². The Morgan fingerprint density at radius 1 is 1.22 bits per heavy atom. The standard InChI is InChI=1S/C17H20N4OS/c1-12-16(23-19-18-12)17(22)21-10-9-20(14-7-8-14)11-15(21)13-5-3-2-4-6-13/h2-6,14-15H,7-11H2,1H3. The van der Waals surface area contributed by atoms with Crippen molar-refractivity contribution in [2.75, 3.05) is 19.6 Å². The Hall–Kier alpha value is -1.79. The first-order valence-corrected chi connectivity index (χ1v) is 8.90. The lowest BCUT2D eigenvalue weighted by Crippen LogP contribution is -2.51. The first-order valence-electron chi connectivity index (χ1n) is 8.13. The molecule has 2 fully saturated rings. The van der Waals surface area contributed by atoms with E-state index in [0.29, 0.717) is 4.88 Å². The molecule has 0 radical (unpaired) electrons. The van der Waals surface area contributed by atoms with E-state index in [1.807, 2.05) is 30.0 Å². The zero-order chi connectivity index (χ0) is 15.8. The molecule has 2 aliphatic rings. The van der Waals surface area contributed by atoms with Crippen LogP contribution in [0.2, 0.25) is 0 Å². The number of nitrogens with zero attached hydrogens (tertiary/aromatic N) is 4. The molecule has 23 heavy (non-hydrogen) atoms. The predicted octanol–water partition coefficient (Wildman–Crippen LogP) is 2.51. The summed E-state index contributed by atoms with van der Waals surface area (Å²) in [5.74, 6) is 0.0711. The maximum absolute atomic E-state index is 13.0. The molecular formula is C17H20N4OS. The van der Waals surface area contributed by atoms with Gasteiger partial charge in [-0.15, -0.1) is 5.10 Å². The van der Waals surface area contributed by atoms with E-state index in [1.54, 1.807) is 0 Å². The third-order valence-corrected chi connectivity index (χ3v) is 5.58. The fourth-order valence-corrected chi connectivity index (χ4v) is 3.95. The summed E-state index contributed by atoms with van der Waals surface area (Å²) in [5.41, 5.74) is 1.94. The van der Waals surface area contributed by atoms with E-state index in [9.17, 15) is 4.79 Å². The van der Waals surface area contributed by atoms with Gasteiger partial charge in [0.15, 0.2) is 0 Å². The highest BCUT2D eigenvalue weighted by molar-refractivity contribution is 7.07. The molecule has 120 valence electrons. The van der Waals surface area contributed by atoms with Crippen LogP contribution in [0.15, 0.2) is 30.3 Å². The number of aromatic nitrogens is 2. The zero-order valence-corrected chi connectivity index (χ0v) is 14.0. The van der Waals surface area contributed by atoms with E-state index in [1.165, 1.54) is 29.9 Å². The Morgan fingerprint density at radius 2 is 2.00 bits per heavy atom. The van der Waals surface area contributed by atoms with E-state index in [2.05, 4.69) is 26.6 Å². The first-order chi connectivity index (χ1) is 11.2. The van der Waals surface area contributed by atoms with Crippen LogP contribution in [0, 0.1) is 6.92 Å². The SMILES string of the molecule is Cc1nnsc1C(=O)N1CCN(C2CC2)CC1c1ccccc1. The Labute approximate surface area is 140 Å². The van der Waals surface area contributed by atoms with Crippen molar-refractivity contribution in [3.63, 3.8) is 0 Å². The monoisotopic (exact) mass is 328 g/mol. The fourth-order valence-electron chi connectivity index (χ4n) is 3.34. The van der Waals surface area contributed by atoms with Crippen LogP contribution in [0.1, 0.15) is 39.8 Å². The number of piperazine rings is 1. The highest BCUT2D eigenvalue weighted by Gasteiger charge is 2.38. The lowest BCUT2D eigenvalue weighted by atomic mass is 10.0. The Bertz CT molecular complexity index is 698.